The molecule has 1 aliphatic heterocycles. The molecule has 1 aliphatic rings. The van der Waals surface area contributed by atoms with Crippen LogP contribution in [0.1, 0.15) is 26.7 Å². The molecule has 1 saturated heterocycles. The minimum absolute atomic E-state index is 0.175. The molecule has 0 spiro atoms. The smallest absolute Gasteiger partial charge is 0.222 e. The monoisotopic (exact) mass is 170 g/mol. The van der Waals surface area contributed by atoms with Gasteiger partial charge in [-0.25, -0.2) is 0 Å². The highest BCUT2D eigenvalue weighted by atomic mass is 16.2. The van der Waals surface area contributed by atoms with Crippen LogP contribution >= 0.6 is 0 Å². The van der Waals surface area contributed by atoms with E-state index in [1.807, 2.05) is 11.8 Å². The van der Waals surface area contributed by atoms with E-state index in [1.54, 1.807) is 0 Å². The summed E-state index contributed by atoms with van der Waals surface area (Å²) in [5.74, 6) is 0.795. The van der Waals surface area contributed by atoms with Crippen molar-refractivity contribution in [1.29, 1.82) is 0 Å². The summed E-state index contributed by atoms with van der Waals surface area (Å²) in [4.78, 5) is 13.2. The molecule has 0 bridgehead atoms. The van der Waals surface area contributed by atoms with Gasteiger partial charge in [0, 0.05) is 25.6 Å². The molecule has 0 radical (unpaired) electrons. The van der Waals surface area contributed by atoms with Gasteiger partial charge in [-0.15, -0.1) is 0 Å². The fraction of sp³-hybridized carbons (Fsp3) is 0.889. The standard InChI is InChI=1S/C9H18N2O/c1-3-9(12)11-5-4-7(2)8(10)6-11/h7-8H,3-6,10H2,1-2H3/t7-,8+/m1/s1. The van der Waals surface area contributed by atoms with E-state index in [0.29, 0.717) is 12.3 Å². The Hall–Kier alpha value is -0.570. The lowest BCUT2D eigenvalue weighted by molar-refractivity contribution is -0.132. The van der Waals surface area contributed by atoms with Crippen LogP contribution < -0.4 is 5.73 Å². The minimum Gasteiger partial charge on any atom is -0.341 e. The number of carbonyl (C=O) groups excluding carboxylic acids is 1. The van der Waals surface area contributed by atoms with Crippen LogP contribution in [-0.4, -0.2) is 29.9 Å². The SMILES string of the molecule is CCC(=O)N1CC[C@@H](C)[C@@H](N)C1. The topological polar surface area (TPSA) is 46.3 Å². The Morgan fingerprint density at radius 3 is 2.83 bits per heavy atom. The number of rotatable bonds is 1. The Morgan fingerprint density at radius 1 is 1.67 bits per heavy atom. The Balaban J connectivity index is 2.45. The van der Waals surface area contributed by atoms with Crippen LogP contribution in [0, 0.1) is 5.92 Å². The molecule has 0 aromatic heterocycles. The summed E-state index contributed by atoms with van der Waals surface area (Å²) in [5, 5.41) is 0. The number of nitrogens with two attached hydrogens (primary N) is 1. The van der Waals surface area contributed by atoms with Crippen molar-refractivity contribution >= 4 is 5.91 Å². The van der Waals surface area contributed by atoms with Gasteiger partial charge >= 0.3 is 0 Å². The summed E-state index contributed by atoms with van der Waals surface area (Å²) in [6, 6.07) is 0.175. The van der Waals surface area contributed by atoms with Crippen LogP contribution in [0.3, 0.4) is 0 Å². The maximum atomic E-state index is 11.3. The lowest BCUT2D eigenvalue weighted by Gasteiger charge is -2.34. The van der Waals surface area contributed by atoms with Crippen LogP contribution in [0.25, 0.3) is 0 Å². The van der Waals surface area contributed by atoms with E-state index in [4.69, 9.17) is 5.73 Å². The zero-order valence-electron chi connectivity index (χ0n) is 7.92. The highest BCUT2D eigenvalue weighted by Gasteiger charge is 2.24. The van der Waals surface area contributed by atoms with E-state index in [0.717, 1.165) is 19.5 Å². The van der Waals surface area contributed by atoms with Crippen LogP contribution in [-0.2, 0) is 4.79 Å². The number of nitrogens with zero attached hydrogens (tertiary/aromatic N) is 1. The second-order valence-corrected chi connectivity index (χ2v) is 3.62. The van der Waals surface area contributed by atoms with Crippen LogP contribution in [0.15, 0.2) is 0 Å². The fourth-order valence-corrected chi connectivity index (χ4v) is 1.55. The average molecular weight is 170 g/mol. The third-order valence-electron chi connectivity index (χ3n) is 2.67. The molecule has 0 unspecified atom stereocenters. The average Bonchev–Trinajstić information content (AvgIpc) is 2.08. The van der Waals surface area contributed by atoms with Crippen molar-refractivity contribution in [3.63, 3.8) is 0 Å². The van der Waals surface area contributed by atoms with Crippen molar-refractivity contribution in [2.45, 2.75) is 32.7 Å². The Kier molecular flexibility index (Phi) is 3.09. The zero-order valence-corrected chi connectivity index (χ0v) is 7.92. The molecule has 0 aromatic carbocycles. The van der Waals surface area contributed by atoms with Gasteiger partial charge in [0.25, 0.3) is 0 Å². The van der Waals surface area contributed by atoms with Crippen molar-refractivity contribution in [3.05, 3.63) is 0 Å². The minimum atomic E-state index is 0.175. The number of hydrogen-bond acceptors (Lipinski definition) is 2. The number of carbonyl (C=O) groups is 1. The van der Waals surface area contributed by atoms with E-state index in [2.05, 4.69) is 6.92 Å². The van der Waals surface area contributed by atoms with Crippen molar-refractivity contribution in [2.75, 3.05) is 13.1 Å². The van der Waals surface area contributed by atoms with Crippen molar-refractivity contribution in [3.8, 4) is 0 Å². The first-order chi connectivity index (χ1) is 5.65. The molecular formula is C9H18N2O. The van der Waals surface area contributed by atoms with Gasteiger partial charge in [0.15, 0.2) is 0 Å². The normalized spacial score (nSPS) is 30.4. The molecule has 3 nitrogen and oxygen atoms in total. The third kappa shape index (κ3) is 1.97. The first-order valence-electron chi connectivity index (χ1n) is 4.68. The zero-order chi connectivity index (χ0) is 9.14. The quantitative estimate of drug-likeness (QED) is 0.626. The Morgan fingerprint density at radius 2 is 2.33 bits per heavy atom. The van der Waals surface area contributed by atoms with Gasteiger partial charge in [-0.1, -0.05) is 13.8 Å². The summed E-state index contributed by atoms with van der Waals surface area (Å²) in [7, 11) is 0. The number of amides is 1. The van der Waals surface area contributed by atoms with Crippen LogP contribution in [0.4, 0.5) is 0 Å². The maximum absolute atomic E-state index is 11.3. The molecule has 0 aromatic rings. The summed E-state index contributed by atoms with van der Waals surface area (Å²) >= 11 is 0. The summed E-state index contributed by atoms with van der Waals surface area (Å²) in [6.07, 6.45) is 1.65. The van der Waals surface area contributed by atoms with Gasteiger partial charge in [0.1, 0.15) is 0 Å². The second-order valence-electron chi connectivity index (χ2n) is 3.62. The van der Waals surface area contributed by atoms with Gasteiger partial charge in [-0.2, -0.15) is 0 Å². The van der Waals surface area contributed by atoms with Gasteiger partial charge in [0.05, 0.1) is 0 Å². The summed E-state index contributed by atoms with van der Waals surface area (Å²) in [5.41, 5.74) is 5.87. The highest BCUT2D eigenvalue weighted by Crippen LogP contribution is 2.15. The summed E-state index contributed by atoms with van der Waals surface area (Å²) < 4.78 is 0. The first-order valence-corrected chi connectivity index (χ1v) is 4.68. The van der Waals surface area contributed by atoms with Crippen molar-refractivity contribution < 1.29 is 4.79 Å². The number of likely N-dealkylation sites (tertiary alicyclic amines) is 1. The lowest BCUT2D eigenvalue weighted by atomic mass is 9.94. The first kappa shape index (κ1) is 9.52. The number of hydrogen-bond donors (Lipinski definition) is 1. The molecule has 0 aliphatic carbocycles. The van der Waals surface area contributed by atoms with E-state index in [9.17, 15) is 4.79 Å². The molecule has 0 saturated carbocycles. The van der Waals surface area contributed by atoms with Gasteiger partial charge in [0.2, 0.25) is 5.91 Å². The predicted octanol–water partition coefficient (Wildman–Crippen LogP) is 0.592. The molecular weight excluding hydrogens is 152 g/mol. The van der Waals surface area contributed by atoms with Gasteiger partial charge in [-0.3, -0.25) is 4.79 Å². The molecule has 70 valence electrons. The molecule has 2 atom stereocenters. The van der Waals surface area contributed by atoms with Crippen LogP contribution in [0.2, 0.25) is 0 Å². The molecule has 1 fully saturated rings. The largest absolute Gasteiger partial charge is 0.341 e. The molecule has 1 heterocycles. The van der Waals surface area contributed by atoms with Gasteiger partial charge < -0.3 is 10.6 Å². The van der Waals surface area contributed by atoms with Crippen molar-refractivity contribution in [1.82, 2.24) is 4.90 Å². The Labute approximate surface area is 73.9 Å². The molecule has 2 N–H and O–H groups in total. The third-order valence-corrected chi connectivity index (χ3v) is 2.67. The predicted molar refractivity (Wildman–Crippen MR) is 48.6 cm³/mol. The summed E-state index contributed by atoms with van der Waals surface area (Å²) in [6.45, 7) is 5.68. The Bertz CT molecular complexity index is 170. The highest BCUT2D eigenvalue weighted by molar-refractivity contribution is 5.75. The second kappa shape index (κ2) is 3.90. The lowest BCUT2D eigenvalue weighted by Crippen LogP contribution is -2.49. The van der Waals surface area contributed by atoms with Crippen molar-refractivity contribution in [2.24, 2.45) is 11.7 Å². The molecule has 12 heavy (non-hydrogen) atoms. The van der Waals surface area contributed by atoms with E-state index < -0.39 is 0 Å². The van der Waals surface area contributed by atoms with E-state index in [1.165, 1.54) is 0 Å². The molecule has 1 rings (SSSR count). The molecule has 3 heteroatoms. The fourth-order valence-electron chi connectivity index (χ4n) is 1.55. The van der Waals surface area contributed by atoms with E-state index in [-0.39, 0.29) is 11.9 Å². The van der Waals surface area contributed by atoms with E-state index >= 15 is 0 Å². The molecule has 1 amide bonds. The van der Waals surface area contributed by atoms with Gasteiger partial charge in [-0.05, 0) is 12.3 Å². The van der Waals surface area contributed by atoms with Crippen LogP contribution in [0.5, 0.6) is 0 Å². The maximum Gasteiger partial charge on any atom is 0.222 e. The number of piperidine rings is 1.